The second kappa shape index (κ2) is 3.92. The highest BCUT2D eigenvalue weighted by atomic mass is 16.4. The molecule has 64 valence electrons. The lowest BCUT2D eigenvalue weighted by Crippen LogP contribution is -2.44. The molecule has 0 aliphatic rings. The molecule has 0 fully saturated rings. The number of nitrogens with two attached hydrogens (primary N) is 2. The van der Waals surface area contributed by atoms with Crippen molar-refractivity contribution in [3.8, 4) is 0 Å². The van der Waals surface area contributed by atoms with Gasteiger partial charge < -0.3 is 16.6 Å². The van der Waals surface area contributed by atoms with E-state index in [0.29, 0.717) is 6.42 Å². The second-order valence-electron chi connectivity index (χ2n) is 2.28. The summed E-state index contributed by atoms with van der Waals surface area (Å²) >= 11 is 0. The van der Waals surface area contributed by atoms with Crippen LogP contribution < -0.4 is 11.5 Å². The zero-order valence-electron chi connectivity index (χ0n) is 6.28. The largest absolute Gasteiger partial charge is 0.480 e. The van der Waals surface area contributed by atoms with Crippen LogP contribution in [-0.2, 0) is 9.59 Å². The lowest BCUT2D eigenvalue weighted by molar-refractivity contribution is -0.142. The molecule has 0 saturated heterocycles. The Morgan fingerprint density at radius 2 is 2.00 bits per heavy atom. The van der Waals surface area contributed by atoms with Crippen molar-refractivity contribution in [2.24, 2.45) is 17.4 Å². The zero-order valence-corrected chi connectivity index (χ0v) is 6.28. The molecule has 0 aliphatic heterocycles. The van der Waals surface area contributed by atoms with Gasteiger partial charge in [-0.3, -0.25) is 9.59 Å². The van der Waals surface area contributed by atoms with E-state index in [-0.39, 0.29) is 0 Å². The van der Waals surface area contributed by atoms with Gasteiger partial charge >= 0.3 is 5.97 Å². The van der Waals surface area contributed by atoms with Crippen LogP contribution in [0.3, 0.4) is 0 Å². The number of carbonyl (C=O) groups excluding carboxylic acids is 1. The van der Waals surface area contributed by atoms with Crippen LogP contribution in [0.5, 0.6) is 0 Å². The molecule has 5 nitrogen and oxygen atoms in total. The Morgan fingerprint density at radius 3 is 2.09 bits per heavy atom. The van der Waals surface area contributed by atoms with E-state index < -0.39 is 23.8 Å². The minimum atomic E-state index is -1.20. The van der Waals surface area contributed by atoms with Crippen LogP contribution in [-0.4, -0.2) is 23.0 Å². The number of rotatable bonds is 4. The number of hydrogen-bond donors (Lipinski definition) is 3. The Balaban J connectivity index is 4.25. The number of carboxylic acid groups (broad SMARTS) is 1. The van der Waals surface area contributed by atoms with Gasteiger partial charge in [0.25, 0.3) is 0 Å². The van der Waals surface area contributed by atoms with Gasteiger partial charge in [-0.05, 0) is 6.42 Å². The van der Waals surface area contributed by atoms with E-state index in [1.165, 1.54) is 0 Å². The number of aliphatic carboxylic acids is 1. The smallest absolute Gasteiger partial charge is 0.321 e. The van der Waals surface area contributed by atoms with Gasteiger partial charge in [-0.2, -0.15) is 0 Å². The molecular formula is C6H12N2O3. The maximum absolute atomic E-state index is 10.6. The van der Waals surface area contributed by atoms with Crippen LogP contribution in [0.1, 0.15) is 13.3 Å². The van der Waals surface area contributed by atoms with Crippen LogP contribution in [0, 0.1) is 5.92 Å². The summed E-state index contributed by atoms with van der Waals surface area (Å²) in [7, 11) is 0. The first-order chi connectivity index (χ1) is 5.00. The van der Waals surface area contributed by atoms with E-state index in [9.17, 15) is 9.59 Å². The summed E-state index contributed by atoms with van der Waals surface area (Å²) in [5.74, 6) is -2.63. The second-order valence-corrected chi connectivity index (χ2v) is 2.28. The van der Waals surface area contributed by atoms with Gasteiger partial charge in [0, 0.05) is 0 Å². The van der Waals surface area contributed by atoms with Crippen molar-refractivity contribution >= 4 is 11.9 Å². The molecule has 0 rings (SSSR count). The Hall–Kier alpha value is -1.10. The molecule has 0 spiro atoms. The molecule has 0 radical (unpaired) electrons. The Kier molecular flexibility index (Phi) is 3.53. The molecule has 5 N–H and O–H groups in total. The Morgan fingerprint density at radius 1 is 1.55 bits per heavy atom. The summed E-state index contributed by atoms with van der Waals surface area (Å²) in [6.07, 6.45) is 0.350. The molecule has 0 aliphatic carbocycles. The predicted molar refractivity (Wildman–Crippen MR) is 38.6 cm³/mol. The number of carboxylic acids is 1. The standard InChI is InChI=1S/C6H12N2O3/c1-2-3(5(8)9)4(7)6(10)11/h3-4H,2,7H2,1H3,(H2,8,9)(H,10,11)/t3?,4-/m0/s1. The lowest BCUT2D eigenvalue weighted by atomic mass is 9.97. The molecule has 0 aromatic rings. The minimum Gasteiger partial charge on any atom is -0.480 e. The van der Waals surface area contributed by atoms with Gasteiger partial charge in [0.1, 0.15) is 6.04 Å². The van der Waals surface area contributed by atoms with Crippen molar-refractivity contribution in [2.45, 2.75) is 19.4 Å². The maximum atomic E-state index is 10.6. The highest BCUT2D eigenvalue weighted by Gasteiger charge is 2.26. The molecule has 0 heterocycles. The summed E-state index contributed by atoms with van der Waals surface area (Å²) in [5, 5.41) is 8.40. The molecule has 0 saturated carbocycles. The fourth-order valence-electron chi connectivity index (χ4n) is 0.804. The topological polar surface area (TPSA) is 106 Å². The van der Waals surface area contributed by atoms with E-state index in [2.05, 4.69) is 0 Å². The summed E-state index contributed by atoms with van der Waals surface area (Å²) in [4.78, 5) is 20.8. The molecular weight excluding hydrogens is 148 g/mol. The Labute approximate surface area is 64.4 Å². The van der Waals surface area contributed by atoms with Crippen LogP contribution in [0.4, 0.5) is 0 Å². The quantitative estimate of drug-likeness (QED) is 0.485. The van der Waals surface area contributed by atoms with Crippen molar-refractivity contribution in [2.75, 3.05) is 0 Å². The van der Waals surface area contributed by atoms with Crippen molar-refractivity contribution in [3.05, 3.63) is 0 Å². The van der Waals surface area contributed by atoms with E-state index >= 15 is 0 Å². The summed E-state index contributed by atoms with van der Waals surface area (Å²) in [6, 6.07) is -1.18. The summed E-state index contributed by atoms with van der Waals surface area (Å²) < 4.78 is 0. The van der Waals surface area contributed by atoms with Gasteiger partial charge in [0.2, 0.25) is 5.91 Å². The van der Waals surface area contributed by atoms with Crippen LogP contribution in [0.15, 0.2) is 0 Å². The first kappa shape index (κ1) is 9.90. The zero-order chi connectivity index (χ0) is 9.02. The third-order valence-corrected chi connectivity index (χ3v) is 1.52. The van der Waals surface area contributed by atoms with Gasteiger partial charge in [-0.15, -0.1) is 0 Å². The average molecular weight is 160 g/mol. The summed E-state index contributed by atoms with van der Waals surface area (Å²) in [6.45, 7) is 1.66. The molecule has 0 bridgehead atoms. The number of amides is 1. The normalized spacial score (nSPS) is 15.5. The van der Waals surface area contributed by atoms with Crippen molar-refractivity contribution in [3.63, 3.8) is 0 Å². The van der Waals surface area contributed by atoms with Gasteiger partial charge in [0.15, 0.2) is 0 Å². The van der Waals surface area contributed by atoms with Crippen LogP contribution >= 0.6 is 0 Å². The number of primary amides is 1. The van der Waals surface area contributed by atoms with Crippen molar-refractivity contribution in [1.29, 1.82) is 0 Å². The fraction of sp³-hybridized carbons (Fsp3) is 0.667. The third kappa shape index (κ3) is 2.55. The molecule has 1 amide bonds. The van der Waals surface area contributed by atoms with Gasteiger partial charge in [-0.1, -0.05) is 6.92 Å². The maximum Gasteiger partial charge on any atom is 0.321 e. The third-order valence-electron chi connectivity index (χ3n) is 1.52. The lowest BCUT2D eigenvalue weighted by Gasteiger charge is -2.14. The molecule has 5 heteroatoms. The van der Waals surface area contributed by atoms with E-state index in [1.54, 1.807) is 6.92 Å². The predicted octanol–water partition coefficient (Wildman–Crippen LogP) is -1.09. The molecule has 0 aromatic carbocycles. The highest BCUT2D eigenvalue weighted by Crippen LogP contribution is 2.05. The number of carbonyl (C=O) groups is 2. The molecule has 2 atom stereocenters. The first-order valence-electron chi connectivity index (χ1n) is 3.28. The summed E-state index contributed by atoms with van der Waals surface area (Å²) in [5.41, 5.74) is 10.1. The van der Waals surface area contributed by atoms with E-state index in [0.717, 1.165) is 0 Å². The van der Waals surface area contributed by atoms with Gasteiger partial charge in [0.05, 0.1) is 5.92 Å². The number of hydrogen-bond acceptors (Lipinski definition) is 3. The first-order valence-corrected chi connectivity index (χ1v) is 3.28. The van der Waals surface area contributed by atoms with Crippen molar-refractivity contribution in [1.82, 2.24) is 0 Å². The van der Waals surface area contributed by atoms with Crippen molar-refractivity contribution < 1.29 is 14.7 Å². The SMILES string of the molecule is CCC(C(N)=O)[C@H](N)C(=O)O. The van der Waals surface area contributed by atoms with Crippen LogP contribution in [0.2, 0.25) is 0 Å². The highest BCUT2D eigenvalue weighted by molar-refractivity contribution is 5.85. The van der Waals surface area contributed by atoms with Crippen LogP contribution in [0.25, 0.3) is 0 Å². The van der Waals surface area contributed by atoms with E-state index in [4.69, 9.17) is 16.6 Å². The molecule has 1 unspecified atom stereocenters. The minimum absolute atomic E-state index is 0.350. The van der Waals surface area contributed by atoms with Gasteiger partial charge in [-0.25, -0.2) is 0 Å². The molecule has 11 heavy (non-hydrogen) atoms. The average Bonchev–Trinajstić information content (AvgIpc) is 1.88. The molecule has 0 aromatic heterocycles. The monoisotopic (exact) mass is 160 g/mol. The van der Waals surface area contributed by atoms with E-state index in [1.807, 2.05) is 0 Å². The Bertz CT molecular complexity index is 169. The fourth-order valence-corrected chi connectivity index (χ4v) is 0.804.